The van der Waals surface area contributed by atoms with Crippen LogP contribution in [0.4, 0.5) is 5.13 Å². The van der Waals surface area contributed by atoms with E-state index in [1.807, 2.05) is 29.6 Å². The van der Waals surface area contributed by atoms with Crippen LogP contribution in [-0.2, 0) is 6.42 Å². The Bertz CT molecular complexity index is 1020. The normalized spacial score (nSPS) is 13.5. The standard InChI is InChI=1S/C19H15BrN2O3S/c1-10-16-14(23)6-3-7-15(16)25-17(10)18(24)22-19-21-13(9-26-19)11-4-2-5-12(20)8-11/h2,4-5,8-9H,3,6-7H2,1H3,(H,21,22,24). The summed E-state index contributed by atoms with van der Waals surface area (Å²) in [6.07, 6.45) is 1.97. The van der Waals surface area contributed by atoms with Crippen molar-refractivity contribution in [3.63, 3.8) is 0 Å². The molecule has 0 saturated carbocycles. The first-order valence-electron chi connectivity index (χ1n) is 8.21. The van der Waals surface area contributed by atoms with Crippen molar-refractivity contribution in [3.05, 3.63) is 56.8 Å². The van der Waals surface area contributed by atoms with E-state index >= 15 is 0 Å². The van der Waals surface area contributed by atoms with Crippen molar-refractivity contribution in [2.45, 2.75) is 26.2 Å². The van der Waals surface area contributed by atoms with Crippen molar-refractivity contribution in [2.24, 2.45) is 0 Å². The molecule has 0 atom stereocenters. The number of Topliss-reactive ketones (excluding diaryl/α,β-unsaturated/α-hetero) is 1. The van der Waals surface area contributed by atoms with Gasteiger partial charge in [0.25, 0.3) is 5.91 Å². The number of hydrogen-bond donors (Lipinski definition) is 1. The van der Waals surface area contributed by atoms with Crippen LogP contribution in [0, 0.1) is 6.92 Å². The van der Waals surface area contributed by atoms with Crippen LogP contribution in [0.3, 0.4) is 0 Å². The van der Waals surface area contributed by atoms with Crippen molar-refractivity contribution in [1.29, 1.82) is 0 Å². The third-order valence-corrected chi connectivity index (χ3v) is 5.61. The molecule has 0 radical (unpaired) electrons. The zero-order valence-electron chi connectivity index (χ0n) is 14.0. The number of halogens is 1. The number of amides is 1. The van der Waals surface area contributed by atoms with E-state index < -0.39 is 0 Å². The Morgan fingerprint density at radius 1 is 1.35 bits per heavy atom. The SMILES string of the molecule is Cc1c(C(=O)Nc2nc(-c3cccc(Br)c3)cs2)oc2c1C(=O)CCC2. The lowest BCUT2D eigenvalue weighted by Gasteiger charge is -2.07. The van der Waals surface area contributed by atoms with Gasteiger partial charge in [-0.1, -0.05) is 28.1 Å². The minimum absolute atomic E-state index is 0.0535. The molecule has 0 fully saturated rings. The lowest BCUT2D eigenvalue weighted by Crippen LogP contribution is -2.13. The summed E-state index contributed by atoms with van der Waals surface area (Å²) in [5.74, 6) is 0.500. The number of nitrogens with one attached hydrogen (secondary N) is 1. The maximum absolute atomic E-state index is 12.6. The number of anilines is 1. The quantitative estimate of drug-likeness (QED) is 0.615. The fraction of sp³-hybridized carbons (Fsp3) is 0.211. The van der Waals surface area contributed by atoms with Crippen molar-refractivity contribution < 1.29 is 14.0 Å². The Morgan fingerprint density at radius 3 is 2.96 bits per heavy atom. The monoisotopic (exact) mass is 430 g/mol. The Balaban J connectivity index is 1.57. The molecule has 7 heteroatoms. The largest absolute Gasteiger partial charge is 0.455 e. The molecule has 0 aliphatic heterocycles. The van der Waals surface area contributed by atoms with Crippen LogP contribution in [0.5, 0.6) is 0 Å². The van der Waals surface area contributed by atoms with Crippen LogP contribution in [0.25, 0.3) is 11.3 Å². The number of fused-ring (bicyclic) bond motifs is 1. The molecule has 0 unspecified atom stereocenters. The third-order valence-electron chi connectivity index (χ3n) is 4.36. The van der Waals surface area contributed by atoms with Gasteiger partial charge in [-0.25, -0.2) is 4.98 Å². The molecule has 3 aromatic rings. The zero-order chi connectivity index (χ0) is 18.3. The van der Waals surface area contributed by atoms with Gasteiger partial charge in [0.1, 0.15) is 5.76 Å². The van der Waals surface area contributed by atoms with Gasteiger partial charge in [-0.2, -0.15) is 0 Å². The predicted octanol–water partition coefficient (Wildman–Crippen LogP) is 5.25. The average Bonchev–Trinajstić information content (AvgIpc) is 3.20. The van der Waals surface area contributed by atoms with Gasteiger partial charge in [0.05, 0.1) is 11.3 Å². The average molecular weight is 431 g/mol. The number of benzene rings is 1. The Hall–Kier alpha value is -2.25. The number of aromatic nitrogens is 1. The minimum Gasteiger partial charge on any atom is -0.455 e. The summed E-state index contributed by atoms with van der Waals surface area (Å²) >= 11 is 4.79. The maximum atomic E-state index is 12.6. The molecule has 2 heterocycles. The highest BCUT2D eigenvalue weighted by molar-refractivity contribution is 9.10. The first-order chi connectivity index (χ1) is 12.5. The summed E-state index contributed by atoms with van der Waals surface area (Å²) in [5, 5.41) is 5.16. The lowest BCUT2D eigenvalue weighted by molar-refractivity contribution is 0.0963. The number of aryl methyl sites for hydroxylation is 1. The maximum Gasteiger partial charge on any atom is 0.293 e. The molecule has 132 valence electrons. The first-order valence-corrected chi connectivity index (χ1v) is 9.88. The van der Waals surface area contributed by atoms with Gasteiger partial charge >= 0.3 is 0 Å². The summed E-state index contributed by atoms with van der Waals surface area (Å²) in [6.45, 7) is 1.76. The number of hydrogen-bond acceptors (Lipinski definition) is 5. The fourth-order valence-electron chi connectivity index (χ4n) is 3.13. The Kier molecular flexibility index (Phi) is 4.50. The third kappa shape index (κ3) is 3.12. The molecule has 1 aliphatic rings. The van der Waals surface area contributed by atoms with E-state index in [0.29, 0.717) is 34.9 Å². The van der Waals surface area contributed by atoms with Crippen molar-refractivity contribution in [3.8, 4) is 11.3 Å². The topological polar surface area (TPSA) is 72.2 Å². The van der Waals surface area contributed by atoms with Crippen LogP contribution in [0.15, 0.2) is 38.5 Å². The highest BCUT2D eigenvalue weighted by atomic mass is 79.9. The van der Waals surface area contributed by atoms with Crippen LogP contribution in [0.2, 0.25) is 0 Å². The van der Waals surface area contributed by atoms with Crippen molar-refractivity contribution in [2.75, 3.05) is 5.32 Å². The van der Waals surface area contributed by atoms with E-state index in [2.05, 4.69) is 26.2 Å². The number of rotatable bonds is 3. The molecular formula is C19H15BrN2O3S. The number of furan rings is 1. The number of nitrogens with zero attached hydrogens (tertiary/aromatic N) is 1. The highest BCUT2D eigenvalue weighted by Gasteiger charge is 2.29. The van der Waals surface area contributed by atoms with E-state index in [0.717, 1.165) is 22.2 Å². The molecule has 26 heavy (non-hydrogen) atoms. The molecule has 1 aromatic carbocycles. The molecule has 1 N–H and O–H groups in total. The molecule has 0 spiro atoms. The zero-order valence-corrected chi connectivity index (χ0v) is 16.4. The van der Waals surface area contributed by atoms with E-state index in [-0.39, 0.29) is 17.5 Å². The molecule has 1 amide bonds. The van der Waals surface area contributed by atoms with E-state index in [9.17, 15) is 9.59 Å². The second-order valence-corrected chi connectivity index (χ2v) is 7.91. The summed E-state index contributed by atoms with van der Waals surface area (Å²) in [5.41, 5.74) is 2.95. The molecule has 5 nitrogen and oxygen atoms in total. The highest BCUT2D eigenvalue weighted by Crippen LogP contribution is 2.31. The summed E-state index contributed by atoms with van der Waals surface area (Å²) in [7, 11) is 0. The second-order valence-electron chi connectivity index (χ2n) is 6.13. The minimum atomic E-state index is -0.375. The van der Waals surface area contributed by atoms with Gasteiger partial charge in [-0.05, 0) is 25.5 Å². The van der Waals surface area contributed by atoms with Gasteiger partial charge in [0.15, 0.2) is 16.7 Å². The first kappa shape index (κ1) is 17.2. The number of carbonyl (C=O) groups excluding carboxylic acids is 2. The van der Waals surface area contributed by atoms with Gasteiger partial charge in [0.2, 0.25) is 0 Å². The van der Waals surface area contributed by atoms with Crippen LogP contribution >= 0.6 is 27.3 Å². The smallest absolute Gasteiger partial charge is 0.293 e. The van der Waals surface area contributed by atoms with Gasteiger partial charge < -0.3 is 4.42 Å². The molecule has 1 aliphatic carbocycles. The number of thiazole rings is 1. The van der Waals surface area contributed by atoms with Crippen molar-refractivity contribution in [1.82, 2.24) is 4.98 Å². The fourth-order valence-corrected chi connectivity index (χ4v) is 4.24. The molecular weight excluding hydrogens is 416 g/mol. The lowest BCUT2D eigenvalue weighted by atomic mass is 9.94. The van der Waals surface area contributed by atoms with Gasteiger partial charge in [0, 0.05) is 33.8 Å². The number of ketones is 1. The van der Waals surface area contributed by atoms with E-state index in [1.54, 1.807) is 6.92 Å². The predicted molar refractivity (Wildman–Crippen MR) is 104 cm³/mol. The molecule has 2 aromatic heterocycles. The second kappa shape index (κ2) is 6.81. The molecule has 4 rings (SSSR count). The number of carbonyl (C=O) groups is 2. The van der Waals surface area contributed by atoms with Gasteiger partial charge in [-0.3, -0.25) is 14.9 Å². The summed E-state index contributed by atoms with van der Waals surface area (Å²) in [6, 6.07) is 7.81. The van der Waals surface area contributed by atoms with Crippen LogP contribution in [-0.4, -0.2) is 16.7 Å². The van der Waals surface area contributed by atoms with Gasteiger partial charge in [-0.15, -0.1) is 11.3 Å². The Labute approximate surface area is 162 Å². The Morgan fingerprint density at radius 2 is 2.19 bits per heavy atom. The van der Waals surface area contributed by atoms with E-state index in [4.69, 9.17) is 4.42 Å². The van der Waals surface area contributed by atoms with Crippen molar-refractivity contribution >= 4 is 44.1 Å². The summed E-state index contributed by atoms with van der Waals surface area (Å²) < 4.78 is 6.65. The van der Waals surface area contributed by atoms with Crippen LogP contribution < -0.4 is 5.32 Å². The summed E-state index contributed by atoms with van der Waals surface area (Å²) in [4.78, 5) is 29.2. The van der Waals surface area contributed by atoms with Crippen LogP contribution in [0.1, 0.15) is 45.1 Å². The van der Waals surface area contributed by atoms with E-state index in [1.165, 1.54) is 11.3 Å². The molecule has 0 bridgehead atoms. The molecule has 0 saturated heterocycles.